The van der Waals surface area contributed by atoms with Crippen molar-refractivity contribution in [1.82, 2.24) is 10.6 Å². The van der Waals surface area contributed by atoms with E-state index in [0.29, 0.717) is 0 Å². The fourth-order valence-electron chi connectivity index (χ4n) is 2.08. The summed E-state index contributed by atoms with van der Waals surface area (Å²) >= 11 is 0. The predicted octanol–water partition coefficient (Wildman–Crippen LogP) is 0.903. The van der Waals surface area contributed by atoms with Crippen molar-refractivity contribution in [2.24, 2.45) is 0 Å². The molecule has 0 aliphatic carbocycles. The second-order valence-corrected chi connectivity index (χ2v) is 8.57. The zero-order valence-electron chi connectivity index (χ0n) is 18.9. The number of esters is 1. The molecule has 0 bridgehead atoms. The molecule has 0 aliphatic heterocycles. The lowest BCUT2D eigenvalue weighted by atomic mass is 10.1. The van der Waals surface area contributed by atoms with Gasteiger partial charge in [0, 0.05) is 6.42 Å². The maximum Gasteiger partial charge on any atom is 0.408 e. The van der Waals surface area contributed by atoms with Crippen molar-refractivity contribution < 1.29 is 43.7 Å². The third-order valence-electron chi connectivity index (χ3n) is 3.17. The van der Waals surface area contributed by atoms with Crippen LogP contribution in [0.3, 0.4) is 0 Å². The first-order valence-electron chi connectivity index (χ1n) is 9.55. The topological polar surface area (TPSA) is 198 Å². The summed E-state index contributed by atoms with van der Waals surface area (Å²) in [6.45, 7) is 8.36. The van der Waals surface area contributed by atoms with Crippen molar-refractivity contribution in [3.63, 3.8) is 0 Å². The van der Waals surface area contributed by atoms with Crippen LogP contribution in [0.5, 0.6) is 0 Å². The van der Waals surface area contributed by atoms with Gasteiger partial charge < -0.3 is 29.8 Å². The lowest BCUT2D eigenvalue weighted by molar-refractivity contribution is -0.766. The zero-order chi connectivity index (χ0) is 25.1. The van der Waals surface area contributed by atoms with E-state index in [1.165, 1.54) is 0 Å². The van der Waals surface area contributed by atoms with Gasteiger partial charge in [-0.3, -0.25) is 4.79 Å². The average molecular weight is 466 g/mol. The second-order valence-electron chi connectivity index (χ2n) is 8.57. The van der Waals surface area contributed by atoms with Gasteiger partial charge in [0.1, 0.15) is 30.5 Å². The number of carbonyl (C=O) groups is 3. The molecule has 0 rings (SSSR count). The van der Waals surface area contributed by atoms with Gasteiger partial charge in [0.15, 0.2) is 0 Å². The van der Waals surface area contributed by atoms with Gasteiger partial charge in [0.25, 0.3) is 10.2 Å². The fraction of sp³-hybridized carbons (Fsp3) is 0.824. The molecule has 0 saturated carbocycles. The minimum atomic E-state index is -1.24. The minimum Gasteiger partial charge on any atom is -0.458 e. The summed E-state index contributed by atoms with van der Waals surface area (Å²) in [5, 5.41) is 23.0. The lowest BCUT2D eigenvalue weighted by Gasteiger charge is -2.26. The molecule has 0 radical (unpaired) electrons. The number of amides is 2. The standard InChI is InChI=1S/C17H30N4O11/c1-16(2,3)31-14(23)12(19-15(24)32-17(4,5)6)7-8-13(22)18-11(9-29-20(25)26)10-30-21(27)28/h11-12H,7-10H2,1-6H3,(H,18,22)(H,19,24). The van der Waals surface area contributed by atoms with Crippen LogP contribution in [0.1, 0.15) is 54.4 Å². The van der Waals surface area contributed by atoms with E-state index in [9.17, 15) is 34.6 Å². The monoisotopic (exact) mass is 466 g/mol. The first kappa shape index (κ1) is 28.6. The van der Waals surface area contributed by atoms with Crippen molar-refractivity contribution in [1.29, 1.82) is 0 Å². The van der Waals surface area contributed by atoms with Crippen LogP contribution in [0, 0.1) is 20.2 Å². The van der Waals surface area contributed by atoms with Crippen LogP contribution >= 0.6 is 0 Å². The normalized spacial score (nSPS) is 12.3. The molecule has 1 atom stereocenters. The maximum absolute atomic E-state index is 12.4. The SMILES string of the molecule is CC(C)(C)OC(=O)NC(CCC(=O)NC(CO[N+](=O)[O-])CO[N+](=O)[O-])C(=O)OC(C)(C)C. The first-order chi connectivity index (χ1) is 14.5. The van der Waals surface area contributed by atoms with Crippen molar-refractivity contribution in [3.05, 3.63) is 20.2 Å². The van der Waals surface area contributed by atoms with E-state index in [4.69, 9.17) is 9.47 Å². The Hall–Kier alpha value is -3.39. The predicted molar refractivity (Wildman–Crippen MR) is 106 cm³/mol. The number of nitrogens with zero attached hydrogens (tertiary/aromatic N) is 2. The average Bonchev–Trinajstić information content (AvgIpc) is 2.57. The number of alkyl carbamates (subject to hydrolysis) is 1. The van der Waals surface area contributed by atoms with E-state index in [-0.39, 0.29) is 12.8 Å². The van der Waals surface area contributed by atoms with Crippen LogP contribution in [-0.2, 0) is 28.7 Å². The molecule has 0 saturated heterocycles. The Morgan fingerprint density at radius 1 is 0.844 bits per heavy atom. The Morgan fingerprint density at radius 2 is 1.31 bits per heavy atom. The third kappa shape index (κ3) is 15.4. The molecule has 32 heavy (non-hydrogen) atoms. The Bertz CT molecular complexity index is 667. The largest absolute Gasteiger partial charge is 0.458 e. The summed E-state index contributed by atoms with van der Waals surface area (Å²) in [7, 11) is 0. The minimum absolute atomic E-state index is 0.209. The highest BCUT2D eigenvalue weighted by molar-refractivity contribution is 5.83. The Labute approximate surface area is 184 Å². The van der Waals surface area contributed by atoms with Gasteiger partial charge in [-0.25, -0.2) is 9.59 Å². The first-order valence-corrected chi connectivity index (χ1v) is 9.55. The summed E-state index contributed by atoms with van der Waals surface area (Å²) < 4.78 is 10.4. The number of ether oxygens (including phenoxy) is 2. The summed E-state index contributed by atoms with van der Waals surface area (Å²) in [4.78, 5) is 65.6. The molecule has 0 spiro atoms. The van der Waals surface area contributed by atoms with Crippen LogP contribution in [-0.4, -0.2) is 64.6 Å². The molecule has 15 heteroatoms. The van der Waals surface area contributed by atoms with E-state index >= 15 is 0 Å². The van der Waals surface area contributed by atoms with Gasteiger partial charge in [0.2, 0.25) is 5.91 Å². The highest BCUT2D eigenvalue weighted by Gasteiger charge is 2.29. The van der Waals surface area contributed by atoms with Crippen LogP contribution in [0.15, 0.2) is 0 Å². The van der Waals surface area contributed by atoms with E-state index in [0.717, 1.165) is 0 Å². The summed E-state index contributed by atoms with van der Waals surface area (Å²) in [5.74, 6) is -1.53. The summed E-state index contributed by atoms with van der Waals surface area (Å²) in [5.41, 5.74) is -1.70. The molecule has 2 N–H and O–H groups in total. The molecule has 1 unspecified atom stereocenters. The van der Waals surface area contributed by atoms with Crippen LogP contribution < -0.4 is 10.6 Å². The molecule has 0 aliphatic rings. The Kier molecular flexibility index (Phi) is 11.1. The quantitative estimate of drug-likeness (QED) is 0.235. The smallest absolute Gasteiger partial charge is 0.408 e. The van der Waals surface area contributed by atoms with Gasteiger partial charge in [-0.15, -0.1) is 20.2 Å². The fourth-order valence-corrected chi connectivity index (χ4v) is 2.08. The van der Waals surface area contributed by atoms with Crippen LogP contribution in [0.25, 0.3) is 0 Å². The molecule has 0 aromatic heterocycles. The maximum atomic E-state index is 12.4. The van der Waals surface area contributed by atoms with Gasteiger partial charge in [0.05, 0.1) is 6.04 Å². The Morgan fingerprint density at radius 3 is 1.72 bits per heavy atom. The van der Waals surface area contributed by atoms with E-state index in [2.05, 4.69) is 20.3 Å². The third-order valence-corrected chi connectivity index (χ3v) is 3.17. The lowest BCUT2D eigenvalue weighted by Crippen LogP contribution is -2.47. The zero-order valence-corrected chi connectivity index (χ0v) is 18.9. The van der Waals surface area contributed by atoms with E-state index in [1.54, 1.807) is 41.5 Å². The molecular formula is C17H30N4O11. The molecular weight excluding hydrogens is 436 g/mol. The van der Waals surface area contributed by atoms with Gasteiger partial charge >= 0.3 is 12.1 Å². The van der Waals surface area contributed by atoms with Gasteiger partial charge in [-0.1, -0.05) is 0 Å². The molecule has 2 amide bonds. The van der Waals surface area contributed by atoms with E-state index in [1.807, 2.05) is 0 Å². The van der Waals surface area contributed by atoms with Crippen molar-refractivity contribution in [2.45, 2.75) is 77.7 Å². The number of nitrogens with one attached hydrogen (secondary N) is 2. The molecule has 0 heterocycles. The number of hydrogen-bond donors (Lipinski definition) is 2. The second kappa shape index (κ2) is 12.5. The summed E-state index contributed by atoms with van der Waals surface area (Å²) in [6.07, 6.45) is -1.45. The van der Waals surface area contributed by atoms with Crippen molar-refractivity contribution in [2.75, 3.05) is 13.2 Å². The molecule has 0 aromatic rings. The van der Waals surface area contributed by atoms with Gasteiger partial charge in [-0.2, -0.15) is 0 Å². The highest BCUT2D eigenvalue weighted by Crippen LogP contribution is 2.12. The van der Waals surface area contributed by atoms with Crippen LogP contribution in [0.2, 0.25) is 0 Å². The molecule has 15 nitrogen and oxygen atoms in total. The summed E-state index contributed by atoms with van der Waals surface area (Å²) in [6, 6.07) is -2.45. The molecule has 184 valence electrons. The van der Waals surface area contributed by atoms with Gasteiger partial charge in [-0.05, 0) is 48.0 Å². The van der Waals surface area contributed by atoms with Crippen molar-refractivity contribution >= 4 is 18.0 Å². The number of rotatable bonds is 12. The van der Waals surface area contributed by atoms with Crippen molar-refractivity contribution in [3.8, 4) is 0 Å². The number of hydrogen-bond acceptors (Lipinski definition) is 11. The van der Waals surface area contributed by atoms with E-state index < -0.39 is 64.6 Å². The van der Waals surface area contributed by atoms with Crippen LogP contribution in [0.4, 0.5) is 4.79 Å². The molecule has 0 fully saturated rings. The highest BCUT2D eigenvalue weighted by atomic mass is 17.0. The Balaban J connectivity index is 5.09. The number of carbonyl (C=O) groups excluding carboxylic acids is 3. The molecule has 0 aromatic carbocycles.